The van der Waals surface area contributed by atoms with Crippen molar-refractivity contribution in [2.24, 2.45) is 0 Å². The Morgan fingerprint density at radius 1 is 1.15 bits per heavy atom. The third kappa shape index (κ3) is 5.30. The van der Waals surface area contributed by atoms with Gasteiger partial charge in [0.1, 0.15) is 0 Å². The highest BCUT2D eigenvalue weighted by atomic mass is 79.9. The van der Waals surface area contributed by atoms with E-state index in [0.717, 1.165) is 14.3 Å². The highest BCUT2D eigenvalue weighted by Crippen LogP contribution is 2.19. The van der Waals surface area contributed by atoms with Gasteiger partial charge in [0.05, 0.1) is 17.5 Å². The lowest BCUT2D eigenvalue weighted by atomic mass is 10.1. The molecular formula is C18H20BrClN2O3S. The fourth-order valence-electron chi connectivity index (χ4n) is 2.40. The SMILES string of the molecule is CCN(CC(=O)N[C@@H](C)c1ccc(Br)cc1)S(=O)(=O)c1ccc(Cl)cc1. The molecule has 0 aliphatic rings. The Balaban J connectivity index is 2.07. The molecular weight excluding hydrogens is 440 g/mol. The van der Waals surface area contributed by atoms with Crippen molar-refractivity contribution in [1.82, 2.24) is 9.62 Å². The van der Waals surface area contributed by atoms with Crippen molar-refractivity contribution in [2.75, 3.05) is 13.1 Å². The molecule has 140 valence electrons. The maximum atomic E-state index is 12.7. The first-order valence-electron chi connectivity index (χ1n) is 8.04. The van der Waals surface area contributed by atoms with Crippen LogP contribution >= 0.6 is 27.5 Å². The summed E-state index contributed by atoms with van der Waals surface area (Å²) in [6.45, 7) is 3.48. The topological polar surface area (TPSA) is 66.5 Å². The zero-order chi connectivity index (χ0) is 19.3. The maximum absolute atomic E-state index is 12.7. The van der Waals surface area contributed by atoms with Gasteiger partial charge in [-0.25, -0.2) is 8.42 Å². The summed E-state index contributed by atoms with van der Waals surface area (Å²) in [4.78, 5) is 12.5. The number of sulfonamides is 1. The Bertz CT molecular complexity index is 855. The average molecular weight is 460 g/mol. The summed E-state index contributed by atoms with van der Waals surface area (Å²) in [5, 5.41) is 3.28. The molecule has 1 amide bonds. The van der Waals surface area contributed by atoms with Crippen LogP contribution in [0.1, 0.15) is 25.5 Å². The summed E-state index contributed by atoms with van der Waals surface area (Å²) < 4.78 is 27.5. The monoisotopic (exact) mass is 458 g/mol. The second-order valence-electron chi connectivity index (χ2n) is 5.73. The Morgan fingerprint density at radius 2 is 1.73 bits per heavy atom. The maximum Gasteiger partial charge on any atom is 0.243 e. The van der Waals surface area contributed by atoms with Gasteiger partial charge in [0.25, 0.3) is 0 Å². The first-order chi connectivity index (χ1) is 12.2. The quantitative estimate of drug-likeness (QED) is 0.681. The van der Waals surface area contributed by atoms with E-state index in [1.165, 1.54) is 24.3 Å². The molecule has 8 heteroatoms. The van der Waals surface area contributed by atoms with Gasteiger partial charge in [-0.3, -0.25) is 4.79 Å². The third-order valence-electron chi connectivity index (χ3n) is 3.87. The molecule has 0 heterocycles. The van der Waals surface area contributed by atoms with Gasteiger partial charge < -0.3 is 5.32 Å². The molecule has 0 saturated heterocycles. The molecule has 0 fully saturated rings. The zero-order valence-corrected chi connectivity index (χ0v) is 17.6. The minimum atomic E-state index is -3.76. The Morgan fingerprint density at radius 3 is 2.27 bits per heavy atom. The standard InChI is InChI=1S/C18H20BrClN2O3S/c1-3-22(26(24,25)17-10-8-16(20)9-11-17)12-18(23)21-13(2)14-4-6-15(19)7-5-14/h4-11,13H,3,12H2,1-2H3,(H,21,23)/t13-/m0/s1. The van der Waals surface area contributed by atoms with E-state index in [4.69, 9.17) is 11.6 Å². The van der Waals surface area contributed by atoms with Crippen molar-refractivity contribution >= 4 is 43.5 Å². The average Bonchev–Trinajstić information content (AvgIpc) is 2.60. The largest absolute Gasteiger partial charge is 0.348 e. The zero-order valence-electron chi connectivity index (χ0n) is 14.4. The number of likely N-dealkylation sites (N-methyl/N-ethyl adjacent to an activating group) is 1. The first-order valence-corrected chi connectivity index (χ1v) is 10.7. The van der Waals surface area contributed by atoms with Gasteiger partial charge in [0.15, 0.2) is 0 Å². The van der Waals surface area contributed by atoms with E-state index in [2.05, 4.69) is 21.2 Å². The molecule has 0 saturated carbocycles. The molecule has 0 aliphatic heterocycles. The van der Waals surface area contributed by atoms with Crippen LogP contribution in [0.5, 0.6) is 0 Å². The van der Waals surface area contributed by atoms with Gasteiger partial charge in [0.2, 0.25) is 15.9 Å². The molecule has 0 radical (unpaired) electrons. The lowest BCUT2D eigenvalue weighted by molar-refractivity contribution is -0.121. The fourth-order valence-corrected chi connectivity index (χ4v) is 4.20. The van der Waals surface area contributed by atoms with Crippen LogP contribution in [0.3, 0.4) is 0 Å². The van der Waals surface area contributed by atoms with Crippen molar-refractivity contribution < 1.29 is 13.2 Å². The lowest BCUT2D eigenvalue weighted by Gasteiger charge is -2.22. The first kappa shape index (κ1) is 20.9. The number of halogens is 2. The summed E-state index contributed by atoms with van der Waals surface area (Å²) in [7, 11) is -3.76. The van der Waals surface area contributed by atoms with Gasteiger partial charge in [-0.2, -0.15) is 4.31 Å². The molecule has 26 heavy (non-hydrogen) atoms. The van der Waals surface area contributed by atoms with Crippen LogP contribution < -0.4 is 5.32 Å². The van der Waals surface area contributed by atoms with Crippen LogP contribution in [0.15, 0.2) is 57.9 Å². The number of nitrogens with zero attached hydrogens (tertiary/aromatic N) is 1. The van der Waals surface area contributed by atoms with E-state index in [1.807, 2.05) is 31.2 Å². The Kier molecular flexibility index (Phi) is 7.23. The molecule has 0 spiro atoms. The van der Waals surface area contributed by atoms with Crippen molar-refractivity contribution in [1.29, 1.82) is 0 Å². The molecule has 0 bridgehead atoms. The van der Waals surface area contributed by atoms with E-state index in [1.54, 1.807) is 6.92 Å². The number of carbonyl (C=O) groups is 1. The van der Waals surface area contributed by atoms with Gasteiger partial charge in [0, 0.05) is 16.0 Å². The minimum Gasteiger partial charge on any atom is -0.348 e. The summed E-state index contributed by atoms with van der Waals surface area (Å²) >= 11 is 9.18. The molecule has 2 aromatic carbocycles. The van der Waals surface area contributed by atoms with Crippen LogP contribution in [0, 0.1) is 0 Å². The van der Waals surface area contributed by atoms with E-state index in [9.17, 15) is 13.2 Å². The molecule has 0 unspecified atom stereocenters. The van der Waals surface area contributed by atoms with Gasteiger partial charge in [-0.05, 0) is 48.9 Å². The number of nitrogens with one attached hydrogen (secondary N) is 1. The van der Waals surface area contributed by atoms with E-state index >= 15 is 0 Å². The van der Waals surface area contributed by atoms with Gasteiger partial charge in [-0.15, -0.1) is 0 Å². The molecule has 1 N–H and O–H groups in total. The number of carbonyl (C=O) groups excluding carboxylic acids is 1. The van der Waals surface area contributed by atoms with Crippen molar-refractivity contribution in [2.45, 2.75) is 24.8 Å². The van der Waals surface area contributed by atoms with Crippen LogP contribution in [0.2, 0.25) is 5.02 Å². The minimum absolute atomic E-state index is 0.109. The predicted molar refractivity (Wildman–Crippen MR) is 107 cm³/mol. The van der Waals surface area contributed by atoms with E-state index in [-0.39, 0.29) is 29.9 Å². The Hall–Kier alpha value is -1.41. The van der Waals surface area contributed by atoms with E-state index < -0.39 is 10.0 Å². The predicted octanol–water partition coefficient (Wildman–Crippen LogP) is 3.99. The van der Waals surface area contributed by atoms with Crippen molar-refractivity contribution in [3.8, 4) is 0 Å². The number of rotatable bonds is 7. The van der Waals surface area contributed by atoms with E-state index in [0.29, 0.717) is 5.02 Å². The normalized spacial score (nSPS) is 12.8. The molecule has 2 aromatic rings. The highest BCUT2D eigenvalue weighted by molar-refractivity contribution is 9.10. The third-order valence-corrected chi connectivity index (χ3v) is 6.59. The molecule has 1 atom stereocenters. The van der Waals surface area contributed by atoms with Gasteiger partial charge >= 0.3 is 0 Å². The van der Waals surface area contributed by atoms with Crippen LogP contribution in [0.25, 0.3) is 0 Å². The summed E-state index contributed by atoms with van der Waals surface area (Å²) in [6, 6.07) is 13.2. The molecule has 0 aliphatic carbocycles. The van der Waals surface area contributed by atoms with Gasteiger partial charge in [-0.1, -0.05) is 46.6 Å². The summed E-state index contributed by atoms with van der Waals surface area (Å²) in [5.41, 5.74) is 0.935. The highest BCUT2D eigenvalue weighted by Gasteiger charge is 2.25. The smallest absolute Gasteiger partial charge is 0.243 e. The number of hydrogen-bond acceptors (Lipinski definition) is 3. The summed E-state index contributed by atoms with van der Waals surface area (Å²) in [6.07, 6.45) is 0. The molecule has 2 rings (SSSR count). The second kappa shape index (κ2) is 8.99. The van der Waals surface area contributed by atoms with Crippen molar-refractivity contribution in [3.63, 3.8) is 0 Å². The second-order valence-corrected chi connectivity index (χ2v) is 9.02. The lowest BCUT2D eigenvalue weighted by Crippen LogP contribution is -2.41. The number of amides is 1. The fraction of sp³-hybridized carbons (Fsp3) is 0.278. The van der Waals surface area contributed by atoms with Crippen LogP contribution in [-0.2, 0) is 14.8 Å². The Labute approximate surface area is 167 Å². The van der Waals surface area contributed by atoms with Crippen LogP contribution in [0.4, 0.5) is 0 Å². The molecule has 5 nitrogen and oxygen atoms in total. The number of hydrogen-bond donors (Lipinski definition) is 1. The van der Waals surface area contributed by atoms with Crippen LogP contribution in [-0.4, -0.2) is 31.7 Å². The molecule has 0 aromatic heterocycles. The van der Waals surface area contributed by atoms with Crippen molar-refractivity contribution in [3.05, 3.63) is 63.6 Å². The summed E-state index contributed by atoms with van der Waals surface area (Å²) in [5.74, 6) is -0.361. The number of benzene rings is 2.